The number of nitrogens with zero attached hydrogens (tertiary/aromatic N) is 2. The van der Waals surface area contributed by atoms with Crippen LogP contribution in [-0.4, -0.2) is 22.6 Å². The largest absolute Gasteiger partial charge is 0.478 e. The Morgan fingerprint density at radius 3 is 2.53 bits per heavy atom. The summed E-state index contributed by atoms with van der Waals surface area (Å²) in [5.74, 6) is -0.942. The Kier molecular flexibility index (Phi) is 3.80. The van der Waals surface area contributed by atoms with Crippen molar-refractivity contribution in [2.24, 2.45) is 0 Å². The van der Waals surface area contributed by atoms with Gasteiger partial charge in [0.05, 0.1) is 17.4 Å². The van der Waals surface area contributed by atoms with Crippen molar-refractivity contribution in [2.45, 2.75) is 13.8 Å². The Labute approximate surface area is 112 Å². The number of benzene rings is 1. The zero-order valence-electron chi connectivity index (χ0n) is 11.0. The molecular formula is C15H16N2O2. The minimum absolute atomic E-state index is 0.262. The van der Waals surface area contributed by atoms with Gasteiger partial charge in [-0.3, -0.25) is 4.98 Å². The Bertz CT molecular complexity index is 579. The molecular weight excluding hydrogens is 240 g/mol. The van der Waals surface area contributed by atoms with E-state index in [-0.39, 0.29) is 5.56 Å². The maximum atomic E-state index is 11.3. The molecule has 0 aliphatic carbocycles. The number of hydrogen-bond acceptors (Lipinski definition) is 3. The van der Waals surface area contributed by atoms with Crippen LogP contribution in [0.4, 0.5) is 11.4 Å². The maximum absolute atomic E-state index is 11.3. The number of anilines is 2. The van der Waals surface area contributed by atoms with Gasteiger partial charge in [0, 0.05) is 18.4 Å². The number of carbonyl (C=O) groups is 1. The number of rotatable bonds is 4. The molecule has 0 radical (unpaired) electrons. The van der Waals surface area contributed by atoms with Gasteiger partial charge in [0.15, 0.2) is 0 Å². The SMILES string of the molecule is CCN(c1ccc(C)cc1)c1cnccc1C(=O)O. The van der Waals surface area contributed by atoms with Gasteiger partial charge in [-0.1, -0.05) is 17.7 Å². The molecule has 2 aromatic rings. The Balaban J connectivity index is 2.48. The van der Waals surface area contributed by atoms with Crippen molar-refractivity contribution in [2.75, 3.05) is 11.4 Å². The normalized spacial score (nSPS) is 10.2. The van der Waals surface area contributed by atoms with Gasteiger partial charge in [-0.15, -0.1) is 0 Å². The van der Waals surface area contributed by atoms with Crippen molar-refractivity contribution in [3.8, 4) is 0 Å². The summed E-state index contributed by atoms with van der Waals surface area (Å²) in [6, 6.07) is 9.51. The molecule has 0 spiro atoms. The molecule has 0 unspecified atom stereocenters. The monoisotopic (exact) mass is 256 g/mol. The zero-order valence-corrected chi connectivity index (χ0v) is 11.0. The number of carboxylic acids is 1. The average molecular weight is 256 g/mol. The lowest BCUT2D eigenvalue weighted by Gasteiger charge is -2.24. The predicted molar refractivity (Wildman–Crippen MR) is 75.1 cm³/mol. The van der Waals surface area contributed by atoms with Crippen molar-refractivity contribution in [1.29, 1.82) is 0 Å². The number of aryl methyl sites for hydroxylation is 1. The van der Waals surface area contributed by atoms with E-state index in [1.807, 2.05) is 43.0 Å². The van der Waals surface area contributed by atoms with Crippen LogP contribution in [0.15, 0.2) is 42.7 Å². The van der Waals surface area contributed by atoms with Gasteiger partial charge in [0.1, 0.15) is 0 Å². The first-order chi connectivity index (χ1) is 9.13. The van der Waals surface area contributed by atoms with Crippen LogP contribution in [0.5, 0.6) is 0 Å². The minimum Gasteiger partial charge on any atom is -0.478 e. The first-order valence-corrected chi connectivity index (χ1v) is 6.15. The molecule has 1 aromatic heterocycles. The molecule has 1 aromatic carbocycles. The van der Waals surface area contributed by atoms with E-state index in [0.29, 0.717) is 12.2 Å². The molecule has 0 bridgehead atoms. The summed E-state index contributed by atoms with van der Waals surface area (Å²) in [4.78, 5) is 17.2. The maximum Gasteiger partial charge on any atom is 0.337 e. The minimum atomic E-state index is -0.942. The Morgan fingerprint density at radius 1 is 1.26 bits per heavy atom. The Hall–Kier alpha value is -2.36. The Morgan fingerprint density at radius 2 is 1.95 bits per heavy atom. The second-order valence-corrected chi connectivity index (χ2v) is 4.28. The fraction of sp³-hybridized carbons (Fsp3) is 0.200. The van der Waals surface area contributed by atoms with E-state index in [0.717, 1.165) is 5.69 Å². The summed E-state index contributed by atoms with van der Waals surface area (Å²) < 4.78 is 0. The second-order valence-electron chi connectivity index (χ2n) is 4.28. The van der Waals surface area contributed by atoms with E-state index in [1.54, 1.807) is 6.20 Å². The van der Waals surface area contributed by atoms with Gasteiger partial charge in [-0.05, 0) is 32.0 Å². The first-order valence-electron chi connectivity index (χ1n) is 6.15. The quantitative estimate of drug-likeness (QED) is 0.912. The second kappa shape index (κ2) is 5.52. The molecule has 19 heavy (non-hydrogen) atoms. The van der Waals surface area contributed by atoms with Crippen LogP contribution < -0.4 is 4.90 Å². The van der Waals surface area contributed by atoms with Crippen LogP contribution in [-0.2, 0) is 0 Å². The highest BCUT2D eigenvalue weighted by Gasteiger charge is 2.16. The number of pyridine rings is 1. The molecule has 0 saturated heterocycles. The smallest absolute Gasteiger partial charge is 0.337 e. The fourth-order valence-corrected chi connectivity index (χ4v) is 2.00. The molecule has 98 valence electrons. The van der Waals surface area contributed by atoms with Crippen LogP contribution >= 0.6 is 0 Å². The summed E-state index contributed by atoms with van der Waals surface area (Å²) in [6.45, 7) is 4.68. The van der Waals surface area contributed by atoms with Crippen LogP contribution in [0.2, 0.25) is 0 Å². The fourth-order valence-electron chi connectivity index (χ4n) is 2.00. The number of carboxylic acid groups (broad SMARTS) is 1. The van der Waals surface area contributed by atoms with Crippen LogP contribution in [0.25, 0.3) is 0 Å². The van der Waals surface area contributed by atoms with Crippen LogP contribution in [0.1, 0.15) is 22.8 Å². The molecule has 0 aliphatic heterocycles. The summed E-state index contributed by atoms with van der Waals surface area (Å²) in [5, 5.41) is 9.25. The molecule has 2 rings (SSSR count). The van der Waals surface area contributed by atoms with E-state index >= 15 is 0 Å². The lowest BCUT2D eigenvalue weighted by Crippen LogP contribution is -2.19. The topological polar surface area (TPSA) is 53.4 Å². The van der Waals surface area contributed by atoms with Crippen molar-refractivity contribution >= 4 is 17.3 Å². The van der Waals surface area contributed by atoms with Crippen LogP contribution in [0, 0.1) is 6.92 Å². The highest BCUT2D eigenvalue weighted by Crippen LogP contribution is 2.27. The van der Waals surface area contributed by atoms with Gasteiger partial charge in [-0.25, -0.2) is 4.79 Å². The van der Waals surface area contributed by atoms with E-state index < -0.39 is 5.97 Å². The molecule has 4 nitrogen and oxygen atoms in total. The summed E-state index contributed by atoms with van der Waals surface area (Å²) >= 11 is 0. The highest BCUT2D eigenvalue weighted by molar-refractivity contribution is 5.95. The lowest BCUT2D eigenvalue weighted by molar-refractivity contribution is 0.0697. The van der Waals surface area contributed by atoms with E-state index in [2.05, 4.69) is 4.98 Å². The van der Waals surface area contributed by atoms with Crippen molar-refractivity contribution in [3.05, 3.63) is 53.9 Å². The average Bonchev–Trinajstić information content (AvgIpc) is 2.42. The third-order valence-electron chi connectivity index (χ3n) is 2.98. The summed E-state index contributed by atoms with van der Waals surface area (Å²) in [6.07, 6.45) is 3.09. The van der Waals surface area contributed by atoms with Crippen molar-refractivity contribution < 1.29 is 9.90 Å². The molecule has 0 saturated carbocycles. The molecule has 0 fully saturated rings. The molecule has 0 atom stereocenters. The number of hydrogen-bond donors (Lipinski definition) is 1. The lowest BCUT2D eigenvalue weighted by atomic mass is 10.1. The molecule has 4 heteroatoms. The third kappa shape index (κ3) is 2.73. The first kappa shape index (κ1) is 13.1. The zero-order chi connectivity index (χ0) is 13.8. The van der Waals surface area contributed by atoms with Gasteiger partial charge in [-0.2, -0.15) is 0 Å². The molecule has 1 N–H and O–H groups in total. The molecule has 0 amide bonds. The number of aromatic nitrogens is 1. The summed E-state index contributed by atoms with van der Waals surface area (Å²) in [7, 11) is 0. The van der Waals surface area contributed by atoms with E-state index in [9.17, 15) is 9.90 Å². The van der Waals surface area contributed by atoms with Gasteiger partial charge in [0.25, 0.3) is 0 Å². The highest BCUT2D eigenvalue weighted by atomic mass is 16.4. The third-order valence-corrected chi connectivity index (χ3v) is 2.98. The molecule has 1 heterocycles. The van der Waals surface area contributed by atoms with Crippen molar-refractivity contribution in [3.63, 3.8) is 0 Å². The van der Waals surface area contributed by atoms with Gasteiger partial charge in [0.2, 0.25) is 0 Å². The standard InChI is InChI=1S/C15H16N2O2/c1-3-17(12-6-4-11(2)5-7-12)14-10-16-9-8-13(14)15(18)19/h4-10H,3H2,1-2H3,(H,18,19). The van der Waals surface area contributed by atoms with E-state index in [1.165, 1.54) is 17.8 Å². The van der Waals surface area contributed by atoms with Crippen LogP contribution in [0.3, 0.4) is 0 Å². The molecule has 0 aliphatic rings. The number of aromatic carboxylic acids is 1. The predicted octanol–water partition coefficient (Wildman–Crippen LogP) is 3.25. The van der Waals surface area contributed by atoms with Gasteiger partial charge >= 0.3 is 5.97 Å². The van der Waals surface area contributed by atoms with Gasteiger partial charge < -0.3 is 10.0 Å². The van der Waals surface area contributed by atoms with E-state index in [4.69, 9.17) is 0 Å². The van der Waals surface area contributed by atoms with Crippen molar-refractivity contribution in [1.82, 2.24) is 4.98 Å². The summed E-state index contributed by atoms with van der Waals surface area (Å²) in [5.41, 5.74) is 3.01.